The van der Waals surface area contributed by atoms with Crippen molar-refractivity contribution in [3.63, 3.8) is 0 Å². The zero-order valence-electron chi connectivity index (χ0n) is 19.5. The van der Waals surface area contributed by atoms with E-state index in [4.69, 9.17) is 9.47 Å². The highest BCUT2D eigenvalue weighted by Gasteiger charge is 2.31. The summed E-state index contributed by atoms with van der Waals surface area (Å²) in [4.78, 5) is 32.6. The topological polar surface area (TPSA) is 102 Å². The number of nitrogens with zero attached hydrogens (tertiary/aromatic N) is 8. The zero-order chi connectivity index (χ0) is 23.6. The smallest absolute Gasteiger partial charge is 0.231 e. The molecule has 3 aromatic rings. The largest absolute Gasteiger partial charge is 0.454 e. The molecule has 0 spiro atoms. The van der Waals surface area contributed by atoms with Gasteiger partial charge in [-0.25, -0.2) is 19.6 Å². The highest BCUT2D eigenvalue weighted by molar-refractivity contribution is 5.79. The maximum Gasteiger partial charge on any atom is 0.231 e. The second-order valence-corrected chi connectivity index (χ2v) is 9.12. The molecular formula is C24H28N8O3. The van der Waals surface area contributed by atoms with Crippen LogP contribution in [0.5, 0.6) is 11.5 Å². The molecule has 11 nitrogen and oxygen atoms in total. The van der Waals surface area contributed by atoms with Crippen molar-refractivity contribution in [2.24, 2.45) is 5.92 Å². The van der Waals surface area contributed by atoms with Crippen molar-refractivity contribution in [1.29, 1.82) is 0 Å². The number of piperidine rings is 1. The van der Waals surface area contributed by atoms with Crippen molar-refractivity contribution in [3.8, 4) is 17.3 Å². The van der Waals surface area contributed by atoms with Crippen molar-refractivity contribution in [1.82, 2.24) is 34.5 Å². The van der Waals surface area contributed by atoms with E-state index in [1.807, 2.05) is 17.0 Å². The van der Waals surface area contributed by atoms with Gasteiger partial charge in [0.25, 0.3) is 0 Å². The van der Waals surface area contributed by atoms with Crippen LogP contribution >= 0.6 is 0 Å². The van der Waals surface area contributed by atoms with E-state index in [9.17, 15) is 4.79 Å². The van der Waals surface area contributed by atoms with E-state index in [-0.39, 0.29) is 5.92 Å². The third-order valence-corrected chi connectivity index (χ3v) is 6.99. The van der Waals surface area contributed by atoms with Crippen molar-refractivity contribution in [2.75, 3.05) is 51.0 Å². The van der Waals surface area contributed by atoms with Crippen molar-refractivity contribution < 1.29 is 14.3 Å². The molecule has 3 aliphatic rings. The number of benzene rings is 1. The third-order valence-electron chi connectivity index (χ3n) is 6.99. The summed E-state index contributed by atoms with van der Waals surface area (Å²) in [6.07, 6.45) is 6.31. The summed E-state index contributed by atoms with van der Waals surface area (Å²) in [5.74, 6) is 3.53. The molecule has 11 heteroatoms. The number of carbonyl (C=O) groups excluding carboxylic acids is 1. The predicted octanol–water partition coefficient (Wildman–Crippen LogP) is 1.35. The van der Waals surface area contributed by atoms with Crippen molar-refractivity contribution in [3.05, 3.63) is 48.8 Å². The first kappa shape index (κ1) is 21.8. The molecule has 5 heterocycles. The molecule has 6 rings (SSSR count). The summed E-state index contributed by atoms with van der Waals surface area (Å²) in [7, 11) is 0. The van der Waals surface area contributed by atoms with Crippen LogP contribution in [0.2, 0.25) is 0 Å². The van der Waals surface area contributed by atoms with Gasteiger partial charge in [-0.05, 0) is 30.5 Å². The second-order valence-electron chi connectivity index (χ2n) is 9.12. The van der Waals surface area contributed by atoms with Gasteiger partial charge in [-0.3, -0.25) is 9.69 Å². The Kier molecular flexibility index (Phi) is 5.91. The molecule has 35 heavy (non-hydrogen) atoms. The molecule has 1 amide bonds. The minimum absolute atomic E-state index is 0.0725. The number of fused-ring (bicyclic) bond motifs is 1. The molecule has 2 aromatic heterocycles. The molecule has 3 aliphatic heterocycles. The molecule has 0 saturated carbocycles. The number of hydrogen-bond acceptors (Lipinski definition) is 9. The van der Waals surface area contributed by atoms with Crippen LogP contribution in [0.3, 0.4) is 0 Å². The minimum Gasteiger partial charge on any atom is -0.454 e. The van der Waals surface area contributed by atoms with Gasteiger partial charge in [-0.2, -0.15) is 5.10 Å². The van der Waals surface area contributed by atoms with Crippen LogP contribution < -0.4 is 14.4 Å². The number of piperazine rings is 1. The standard InChI is InChI=1S/C24H28N8O3/c33-24(31-9-7-29(8-10-31)13-18-1-2-20-21(11-18)35-17-34-20)19-3-5-30(6-4-19)22-12-23(27-15-26-22)32-16-25-14-28-32/h1-2,11-12,14-16,19H,3-10,13,17H2. The fourth-order valence-electron chi connectivity index (χ4n) is 5.00. The molecule has 0 bridgehead atoms. The maximum atomic E-state index is 13.2. The fraction of sp³-hybridized carbons (Fsp3) is 0.458. The predicted molar refractivity (Wildman–Crippen MR) is 126 cm³/mol. The molecule has 2 saturated heterocycles. The lowest BCUT2D eigenvalue weighted by Crippen LogP contribution is -2.51. The SMILES string of the molecule is O=C(C1CCN(c2cc(-n3cncn3)ncn2)CC1)N1CCN(Cc2ccc3c(c2)OCO3)CC1. The van der Waals surface area contributed by atoms with Crippen LogP contribution in [0.15, 0.2) is 43.2 Å². The summed E-state index contributed by atoms with van der Waals surface area (Å²) in [5.41, 5.74) is 1.21. The number of carbonyl (C=O) groups is 1. The highest BCUT2D eigenvalue weighted by Crippen LogP contribution is 2.33. The normalized spacial score (nSPS) is 18.7. The molecular weight excluding hydrogens is 448 g/mol. The number of anilines is 1. The fourth-order valence-corrected chi connectivity index (χ4v) is 5.00. The lowest BCUT2D eigenvalue weighted by molar-refractivity contribution is -0.138. The second kappa shape index (κ2) is 9.49. The number of hydrogen-bond donors (Lipinski definition) is 0. The molecule has 0 unspecified atom stereocenters. The summed E-state index contributed by atoms with van der Waals surface area (Å²) in [6, 6.07) is 8.03. The van der Waals surface area contributed by atoms with E-state index < -0.39 is 0 Å². The van der Waals surface area contributed by atoms with Gasteiger partial charge in [0.1, 0.15) is 24.8 Å². The Labute approximate surface area is 203 Å². The van der Waals surface area contributed by atoms with Crippen LogP contribution in [0.25, 0.3) is 5.82 Å². The number of amides is 1. The first-order chi connectivity index (χ1) is 17.2. The monoisotopic (exact) mass is 476 g/mol. The van der Waals surface area contributed by atoms with Gasteiger partial charge in [0.15, 0.2) is 17.3 Å². The van der Waals surface area contributed by atoms with Crippen LogP contribution in [-0.4, -0.2) is 86.5 Å². The summed E-state index contributed by atoms with van der Waals surface area (Å²) in [5, 5.41) is 4.13. The Morgan fingerprint density at radius 3 is 2.51 bits per heavy atom. The molecule has 0 radical (unpaired) electrons. The van der Waals surface area contributed by atoms with Crippen LogP contribution in [0, 0.1) is 5.92 Å². The molecule has 0 N–H and O–H groups in total. The number of ether oxygens (including phenoxy) is 2. The van der Waals surface area contributed by atoms with Gasteiger partial charge >= 0.3 is 0 Å². The number of rotatable bonds is 5. The molecule has 2 fully saturated rings. The first-order valence-electron chi connectivity index (χ1n) is 12.0. The van der Waals surface area contributed by atoms with Gasteiger partial charge in [0, 0.05) is 57.8 Å². The van der Waals surface area contributed by atoms with E-state index in [0.717, 1.165) is 76.0 Å². The molecule has 0 atom stereocenters. The summed E-state index contributed by atoms with van der Waals surface area (Å²) < 4.78 is 12.5. The van der Waals surface area contributed by atoms with Gasteiger partial charge in [-0.1, -0.05) is 6.07 Å². The van der Waals surface area contributed by atoms with E-state index in [1.165, 1.54) is 11.9 Å². The van der Waals surface area contributed by atoms with Gasteiger partial charge in [-0.15, -0.1) is 0 Å². The Morgan fingerprint density at radius 1 is 0.914 bits per heavy atom. The Morgan fingerprint density at radius 2 is 1.71 bits per heavy atom. The average molecular weight is 477 g/mol. The number of aromatic nitrogens is 5. The van der Waals surface area contributed by atoms with Gasteiger partial charge < -0.3 is 19.3 Å². The van der Waals surface area contributed by atoms with Crippen LogP contribution in [-0.2, 0) is 11.3 Å². The van der Waals surface area contributed by atoms with Crippen molar-refractivity contribution >= 4 is 11.7 Å². The first-order valence-corrected chi connectivity index (χ1v) is 12.0. The lowest BCUT2D eigenvalue weighted by Gasteiger charge is -2.38. The third kappa shape index (κ3) is 4.63. The van der Waals surface area contributed by atoms with Crippen molar-refractivity contribution in [2.45, 2.75) is 19.4 Å². The maximum absolute atomic E-state index is 13.2. The van der Waals surface area contributed by atoms with Gasteiger partial charge in [0.05, 0.1) is 0 Å². The van der Waals surface area contributed by atoms with E-state index in [0.29, 0.717) is 18.5 Å². The quantitative estimate of drug-likeness (QED) is 0.540. The molecule has 0 aliphatic carbocycles. The lowest BCUT2D eigenvalue weighted by atomic mass is 9.95. The zero-order valence-corrected chi connectivity index (χ0v) is 19.5. The highest BCUT2D eigenvalue weighted by atomic mass is 16.7. The van der Waals surface area contributed by atoms with Crippen LogP contribution in [0.4, 0.5) is 5.82 Å². The van der Waals surface area contributed by atoms with E-state index >= 15 is 0 Å². The minimum atomic E-state index is 0.0725. The molecule has 182 valence electrons. The average Bonchev–Trinajstić information content (AvgIpc) is 3.61. The van der Waals surface area contributed by atoms with Gasteiger partial charge in [0.2, 0.25) is 12.7 Å². The Bertz CT molecular complexity index is 1170. The van der Waals surface area contributed by atoms with E-state index in [2.05, 4.69) is 42.0 Å². The Hall–Kier alpha value is -3.73. The Balaban J connectivity index is 0.992. The van der Waals surface area contributed by atoms with Crippen LogP contribution in [0.1, 0.15) is 18.4 Å². The summed E-state index contributed by atoms with van der Waals surface area (Å²) in [6.45, 7) is 6.06. The molecule has 1 aromatic carbocycles. The summed E-state index contributed by atoms with van der Waals surface area (Å²) >= 11 is 0. The van der Waals surface area contributed by atoms with E-state index in [1.54, 1.807) is 17.3 Å².